The van der Waals surface area contributed by atoms with Gasteiger partial charge in [0.25, 0.3) is 10.2 Å². The summed E-state index contributed by atoms with van der Waals surface area (Å²) in [5.74, 6) is 0.351. The summed E-state index contributed by atoms with van der Waals surface area (Å²) in [6.07, 6.45) is 3.65. The first-order chi connectivity index (χ1) is 13.9. The van der Waals surface area contributed by atoms with Crippen molar-refractivity contribution in [1.29, 1.82) is 0 Å². The SMILES string of the molecule is CCC[C@@H]1N(S(=O)(=O)N2CCC(COC)CC2)CC[C@]12C(=O)Nc1ccccc12. The maximum atomic E-state index is 13.6. The van der Waals surface area contributed by atoms with Crippen molar-refractivity contribution >= 4 is 21.8 Å². The van der Waals surface area contributed by atoms with E-state index >= 15 is 0 Å². The van der Waals surface area contributed by atoms with E-state index in [4.69, 9.17) is 4.74 Å². The number of carbonyl (C=O) groups is 1. The molecule has 29 heavy (non-hydrogen) atoms. The van der Waals surface area contributed by atoms with E-state index < -0.39 is 15.6 Å². The lowest BCUT2D eigenvalue weighted by molar-refractivity contribution is -0.121. The smallest absolute Gasteiger partial charge is 0.282 e. The molecule has 0 aliphatic carbocycles. The number of piperidine rings is 1. The fraction of sp³-hybridized carbons (Fsp3) is 0.667. The number of fused-ring (bicyclic) bond motifs is 2. The molecule has 160 valence electrons. The Labute approximate surface area is 173 Å². The Morgan fingerprint density at radius 1 is 1.21 bits per heavy atom. The molecule has 1 aromatic rings. The molecule has 1 N–H and O–H groups in total. The molecular formula is C21H31N3O4S. The van der Waals surface area contributed by atoms with Gasteiger partial charge in [-0.25, -0.2) is 0 Å². The summed E-state index contributed by atoms with van der Waals surface area (Å²) in [6.45, 7) is 4.14. The van der Waals surface area contributed by atoms with Crippen LogP contribution in [0.1, 0.15) is 44.6 Å². The third-order valence-electron chi connectivity index (χ3n) is 6.86. The molecule has 3 heterocycles. The number of ether oxygens (including phenoxy) is 1. The Hall–Kier alpha value is -1.48. The van der Waals surface area contributed by atoms with Crippen LogP contribution in [0.25, 0.3) is 0 Å². The largest absolute Gasteiger partial charge is 0.384 e. The van der Waals surface area contributed by atoms with Crippen LogP contribution < -0.4 is 5.32 Å². The van der Waals surface area contributed by atoms with E-state index in [-0.39, 0.29) is 11.9 Å². The number of nitrogens with one attached hydrogen (secondary N) is 1. The van der Waals surface area contributed by atoms with Crippen LogP contribution in [0.3, 0.4) is 0 Å². The standard InChI is InChI=1S/C21H31N3O4S/c1-3-6-19-21(17-7-4-5-8-18(17)22-20(21)25)11-14-24(19)29(26,27)23-12-9-16(10-13-23)15-28-2/h4-5,7-8,16,19H,3,6,9-15H2,1-2H3,(H,22,25)/t19-,21+/m0/s1. The molecule has 1 spiro atoms. The summed E-state index contributed by atoms with van der Waals surface area (Å²) >= 11 is 0. The third-order valence-corrected chi connectivity index (χ3v) is 8.91. The first-order valence-corrected chi connectivity index (χ1v) is 12.0. The van der Waals surface area contributed by atoms with Crippen molar-refractivity contribution in [2.24, 2.45) is 5.92 Å². The van der Waals surface area contributed by atoms with Gasteiger partial charge in [-0.2, -0.15) is 17.0 Å². The lowest BCUT2D eigenvalue weighted by atomic mass is 9.74. The number of amides is 1. The molecule has 2 fully saturated rings. The molecule has 0 unspecified atom stereocenters. The Morgan fingerprint density at radius 2 is 1.93 bits per heavy atom. The van der Waals surface area contributed by atoms with Crippen molar-refractivity contribution in [3.05, 3.63) is 29.8 Å². The van der Waals surface area contributed by atoms with E-state index in [9.17, 15) is 13.2 Å². The highest BCUT2D eigenvalue weighted by atomic mass is 32.2. The number of rotatable bonds is 6. The van der Waals surface area contributed by atoms with Gasteiger partial charge < -0.3 is 10.1 Å². The topological polar surface area (TPSA) is 79.0 Å². The molecule has 4 rings (SSSR count). The fourth-order valence-corrected chi connectivity index (χ4v) is 7.30. The highest BCUT2D eigenvalue weighted by molar-refractivity contribution is 7.86. The molecule has 2 atom stereocenters. The number of benzene rings is 1. The van der Waals surface area contributed by atoms with Gasteiger partial charge >= 0.3 is 0 Å². The van der Waals surface area contributed by atoms with Crippen LogP contribution in [0.15, 0.2) is 24.3 Å². The Morgan fingerprint density at radius 3 is 2.62 bits per heavy atom. The van der Waals surface area contributed by atoms with E-state index in [1.165, 1.54) is 0 Å². The highest BCUT2D eigenvalue weighted by Gasteiger charge is 2.60. The van der Waals surface area contributed by atoms with E-state index in [1.54, 1.807) is 15.7 Å². The Balaban J connectivity index is 1.63. The molecule has 1 amide bonds. The highest BCUT2D eigenvalue weighted by Crippen LogP contribution is 2.50. The lowest BCUT2D eigenvalue weighted by Crippen LogP contribution is -2.53. The Bertz CT molecular complexity index is 866. The summed E-state index contributed by atoms with van der Waals surface area (Å²) in [5, 5.41) is 3.00. The van der Waals surface area contributed by atoms with Gasteiger partial charge in [0.2, 0.25) is 5.91 Å². The molecule has 0 saturated carbocycles. The number of anilines is 1. The number of methoxy groups -OCH3 is 1. The van der Waals surface area contributed by atoms with Gasteiger partial charge in [-0.1, -0.05) is 31.5 Å². The summed E-state index contributed by atoms with van der Waals surface area (Å²) in [5.41, 5.74) is 0.979. The van der Waals surface area contributed by atoms with Gasteiger partial charge in [-0.3, -0.25) is 4.79 Å². The normalized spacial score (nSPS) is 28.8. The summed E-state index contributed by atoms with van der Waals surface area (Å²) in [7, 11) is -1.93. The van der Waals surface area contributed by atoms with E-state index in [0.717, 1.165) is 30.5 Å². The fourth-order valence-electron chi connectivity index (χ4n) is 5.40. The molecule has 2 saturated heterocycles. The van der Waals surface area contributed by atoms with Gasteiger partial charge in [0, 0.05) is 45.1 Å². The molecule has 3 aliphatic heterocycles. The monoisotopic (exact) mass is 421 g/mol. The van der Waals surface area contributed by atoms with Crippen molar-refractivity contribution in [2.75, 3.05) is 38.7 Å². The second kappa shape index (κ2) is 7.98. The van der Waals surface area contributed by atoms with E-state index in [0.29, 0.717) is 45.0 Å². The van der Waals surface area contributed by atoms with Crippen molar-refractivity contribution in [3.63, 3.8) is 0 Å². The van der Waals surface area contributed by atoms with Crippen molar-refractivity contribution in [3.8, 4) is 0 Å². The van der Waals surface area contributed by atoms with Gasteiger partial charge in [-0.05, 0) is 43.2 Å². The number of carbonyl (C=O) groups excluding carboxylic acids is 1. The first-order valence-electron chi connectivity index (χ1n) is 10.6. The maximum Gasteiger partial charge on any atom is 0.282 e. The zero-order valence-corrected chi connectivity index (χ0v) is 18.1. The zero-order chi connectivity index (χ0) is 20.6. The van der Waals surface area contributed by atoms with Crippen LogP contribution in [0, 0.1) is 5.92 Å². The molecule has 0 bridgehead atoms. The molecule has 0 aromatic heterocycles. The molecule has 7 nitrogen and oxygen atoms in total. The number of nitrogens with zero attached hydrogens (tertiary/aromatic N) is 2. The molecule has 0 radical (unpaired) electrons. The van der Waals surface area contributed by atoms with Crippen LogP contribution in [-0.2, 0) is 25.2 Å². The van der Waals surface area contributed by atoms with E-state index in [2.05, 4.69) is 5.32 Å². The predicted molar refractivity (Wildman–Crippen MR) is 112 cm³/mol. The average Bonchev–Trinajstić information content (AvgIpc) is 3.23. The molecule has 3 aliphatic rings. The third kappa shape index (κ3) is 3.30. The minimum atomic E-state index is -3.62. The molecular weight excluding hydrogens is 390 g/mol. The maximum absolute atomic E-state index is 13.6. The van der Waals surface area contributed by atoms with Crippen LogP contribution in [0.5, 0.6) is 0 Å². The molecule has 8 heteroatoms. The van der Waals surface area contributed by atoms with Crippen LogP contribution in [-0.4, -0.2) is 62.3 Å². The van der Waals surface area contributed by atoms with Crippen LogP contribution in [0.4, 0.5) is 5.69 Å². The Kier molecular flexibility index (Phi) is 5.72. The zero-order valence-electron chi connectivity index (χ0n) is 17.3. The van der Waals surface area contributed by atoms with Gasteiger partial charge in [0.05, 0.1) is 5.41 Å². The second-order valence-corrected chi connectivity index (χ2v) is 10.3. The number of hydrogen-bond acceptors (Lipinski definition) is 4. The van der Waals surface area contributed by atoms with Gasteiger partial charge in [0.1, 0.15) is 0 Å². The van der Waals surface area contributed by atoms with E-state index in [1.807, 2.05) is 31.2 Å². The predicted octanol–water partition coefficient (Wildman–Crippen LogP) is 2.35. The number of para-hydroxylation sites is 1. The average molecular weight is 422 g/mol. The molecule has 1 aromatic carbocycles. The van der Waals surface area contributed by atoms with Crippen molar-refractivity contribution in [2.45, 2.75) is 50.5 Å². The van der Waals surface area contributed by atoms with Crippen LogP contribution >= 0.6 is 0 Å². The van der Waals surface area contributed by atoms with Crippen molar-refractivity contribution < 1.29 is 17.9 Å². The minimum absolute atomic E-state index is 0.0614. The summed E-state index contributed by atoms with van der Waals surface area (Å²) in [6, 6.07) is 7.37. The minimum Gasteiger partial charge on any atom is -0.384 e. The van der Waals surface area contributed by atoms with Gasteiger partial charge in [0.15, 0.2) is 0 Å². The lowest BCUT2D eigenvalue weighted by Gasteiger charge is -2.38. The summed E-state index contributed by atoms with van der Waals surface area (Å²) < 4.78 is 35.6. The quantitative estimate of drug-likeness (QED) is 0.765. The summed E-state index contributed by atoms with van der Waals surface area (Å²) in [4.78, 5) is 13.1. The van der Waals surface area contributed by atoms with Gasteiger partial charge in [-0.15, -0.1) is 0 Å². The second-order valence-electron chi connectivity index (χ2n) is 8.44. The number of hydrogen-bond donors (Lipinski definition) is 1. The van der Waals surface area contributed by atoms with Crippen molar-refractivity contribution in [1.82, 2.24) is 8.61 Å². The van der Waals surface area contributed by atoms with Crippen LogP contribution in [0.2, 0.25) is 0 Å². The first kappa shape index (κ1) is 20.8.